The number of fused-ring (bicyclic) bond motifs is 1. The molecule has 1 N–H and O–H groups in total. The lowest BCUT2D eigenvalue weighted by atomic mass is 9.72. The molecule has 0 fully saturated rings. The Hall–Kier alpha value is -2.90. The Kier molecular flexibility index (Phi) is 5.98. The maximum Gasteiger partial charge on any atom is 0.237 e. The van der Waals surface area contributed by atoms with Crippen LogP contribution in [-0.4, -0.2) is 5.91 Å². The number of carbonyl (C=O) groups excluding carboxylic acids is 1. The number of rotatable bonds is 4. The number of nitriles is 1. The van der Waals surface area contributed by atoms with Gasteiger partial charge in [0.15, 0.2) is 0 Å². The Bertz CT molecular complexity index is 1060. The van der Waals surface area contributed by atoms with Crippen molar-refractivity contribution in [3.8, 4) is 6.07 Å². The minimum absolute atomic E-state index is 0.0973. The quantitative estimate of drug-likeness (QED) is 0.513. The molecule has 1 aliphatic rings. The molecule has 0 saturated carbocycles. The lowest BCUT2D eigenvalue weighted by Crippen LogP contribution is -2.26. The van der Waals surface area contributed by atoms with Gasteiger partial charge in [0.2, 0.25) is 5.91 Å². The van der Waals surface area contributed by atoms with E-state index in [0.717, 1.165) is 36.0 Å². The van der Waals surface area contributed by atoms with Gasteiger partial charge in [-0.3, -0.25) is 4.79 Å². The van der Waals surface area contributed by atoms with E-state index in [1.165, 1.54) is 4.88 Å². The van der Waals surface area contributed by atoms with Crippen molar-refractivity contribution < 1.29 is 4.79 Å². The molecule has 158 valence electrons. The van der Waals surface area contributed by atoms with Gasteiger partial charge in [0.1, 0.15) is 11.1 Å². The van der Waals surface area contributed by atoms with Gasteiger partial charge < -0.3 is 5.32 Å². The SMILES string of the molecule is CC(C)(C)C1CCc2c(sc(NC(=O)C(c3ccccc3)c3ccccc3)c2C#N)C1. The first-order valence-corrected chi connectivity index (χ1v) is 11.7. The third-order valence-electron chi connectivity index (χ3n) is 6.37. The van der Waals surface area contributed by atoms with Crippen LogP contribution in [0.2, 0.25) is 0 Å². The summed E-state index contributed by atoms with van der Waals surface area (Å²) < 4.78 is 0. The highest BCUT2D eigenvalue weighted by Gasteiger charge is 2.33. The van der Waals surface area contributed by atoms with Crippen LogP contribution in [-0.2, 0) is 17.6 Å². The van der Waals surface area contributed by atoms with Gasteiger partial charge >= 0.3 is 0 Å². The molecule has 1 unspecified atom stereocenters. The van der Waals surface area contributed by atoms with Gasteiger partial charge in [-0.2, -0.15) is 5.26 Å². The van der Waals surface area contributed by atoms with Crippen molar-refractivity contribution in [3.05, 3.63) is 87.8 Å². The first kappa shape index (κ1) is 21.3. The third kappa shape index (κ3) is 4.43. The predicted octanol–water partition coefficient (Wildman–Crippen LogP) is 6.54. The fourth-order valence-corrected chi connectivity index (χ4v) is 5.78. The van der Waals surface area contributed by atoms with E-state index in [1.807, 2.05) is 60.7 Å². The molecule has 1 aromatic heterocycles. The summed E-state index contributed by atoms with van der Waals surface area (Å²) in [6.07, 6.45) is 2.98. The summed E-state index contributed by atoms with van der Waals surface area (Å²) in [6, 6.07) is 22.0. The number of benzene rings is 2. The van der Waals surface area contributed by atoms with Crippen molar-refractivity contribution in [3.63, 3.8) is 0 Å². The highest BCUT2D eigenvalue weighted by atomic mass is 32.1. The van der Waals surface area contributed by atoms with Crippen LogP contribution in [0.4, 0.5) is 5.00 Å². The van der Waals surface area contributed by atoms with Crippen molar-refractivity contribution in [2.24, 2.45) is 11.3 Å². The molecule has 0 spiro atoms. The summed E-state index contributed by atoms with van der Waals surface area (Å²) in [5, 5.41) is 13.7. The van der Waals surface area contributed by atoms with E-state index in [4.69, 9.17) is 0 Å². The van der Waals surface area contributed by atoms with Crippen molar-refractivity contribution in [1.29, 1.82) is 5.26 Å². The minimum atomic E-state index is -0.421. The first-order chi connectivity index (χ1) is 14.9. The zero-order valence-electron chi connectivity index (χ0n) is 18.3. The molecule has 1 aliphatic carbocycles. The van der Waals surface area contributed by atoms with E-state index in [2.05, 4.69) is 32.2 Å². The second-order valence-electron chi connectivity index (χ2n) is 9.37. The molecule has 1 atom stereocenters. The summed E-state index contributed by atoms with van der Waals surface area (Å²) in [6.45, 7) is 6.86. The van der Waals surface area contributed by atoms with E-state index in [9.17, 15) is 10.1 Å². The highest BCUT2D eigenvalue weighted by Crippen LogP contribution is 2.44. The van der Waals surface area contributed by atoms with Gasteiger partial charge in [-0.25, -0.2) is 0 Å². The monoisotopic (exact) mass is 428 g/mol. The third-order valence-corrected chi connectivity index (χ3v) is 7.54. The summed E-state index contributed by atoms with van der Waals surface area (Å²) in [5.41, 5.74) is 3.92. The molecule has 4 heteroatoms. The van der Waals surface area contributed by atoms with Crippen LogP contribution in [0.5, 0.6) is 0 Å². The normalized spacial score (nSPS) is 15.9. The molecule has 1 heterocycles. The summed E-state index contributed by atoms with van der Waals surface area (Å²) in [5.74, 6) is 0.0744. The van der Waals surface area contributed by atoms with Gasteiger partial charge in [0, 0.05) is 4.88 Å². The van der Waals surface area contributed by atoms with Crippen LogP contribution in [0.3, 0.4) is 0 Å². The number of nitrogens with zero attached hydrogens (tertiary/aromatic N) is 1. The standard InChI is InChI=1S/C27H28N2OS/c1-27(2,3)20-14-15-21-22(17-28)26(31-23(21)16-20)29-25(30)24(18-10-6-4-7-11-18)19-12-8-5-9-13-19/h4-13,20,24H,14-16H2,1-3H3,(H,29,30). The summed E-state index contributed by atoms with van der Waals surface area (Å²) in [7, 11) is 0. The minimum Gasteiger partial charge on any atom is -0.316 e. The average Bonchev–Trinajstić information content (AvgIpc) is 3.11. The lowest BCUT2D eigenvalue weighted by Gasteiger charge is -2.33. The Morgan fingerprint density at radius 2 is 1.65 bits per heavy atom. The average molecular weight is 429 g/mol. The fourth-order valence-electron chi connectivity index (χ4n) is 4.50. The van der Waals surface area contributed by atoms with Gasteiger partial charge in [0.05, 0.1) is 11.5 Å². The van der Waals surface area contributed by atoms with Gasteiger partial charge in [0.25, 0.3) is 0 Å². The molecule has 1 amide bonds. The molecule has 3 aromatic rings. The Labute approximate surface area is 188 Å². The number of nitrogens with one attached hydrogen (secondary N) is 1. The Balaban J connectivity index is 1.66. The second kappa shape index (κ2) is 8.69. The molecule has 3 nitrogen and oxygen atoms in total. The summed E-state index contributed by atoms with van der Waals surface area (Å²) >= 11 is 1.59. The molecule has 0 aliphatic heterocycles. The van der Waals surface area contributed by atoms with Gasteiger partial charge in [-0.15, -0.1) is 11.3 Å². The topological polar surface area (TPSA) is 52.9 Å². The molecule has 31 heavy (non-hydrogen) atoms. The molecule has 2 aromatic carbocycles. The van der Waals surface area contributed by atoms with Gasteiger partial charge in [-0.1, -0.05) is 81.4 Å². The zero-order valence-corrected chi connectivity index (χ0v) is 19.1. The van der Waals surface area contributed by atoms with Crippen LogP contribution in [0, 0.1) is 22.7 Å². The van der Waals surface area contributed by atoms with E-state index < -0.39 is 5.92 Å². The number of hydrogen-bond donors (Lipinski definition) is 1. The lowest BCUT2D eigenvalue weighted by molar-refractivity contribution is -0.116. The predicted molar refractivity (Wildman–Crippen MR) is 127 cm³/mol. The van der Waals surface area contributed by atoms with E-state index in [1.54, 1.807) is 11.3 Å². The first-order valence-electron chi connectivity index (χ1n) is 10.8. The molecule has 4 rings (SSSR count). The van der Waals surface area contributed by atoms with Crippen LogP contribution in [0.1, 0.15) is 60.2 Å². The molecule has 0 saturated heterocycles. The number of thiophene rings is 1. The van der Waals surface area contributed by atoms with Crippen LogP contribution in [0.15, 0.2) is 60.7 Å². The van der Waals surface area contributed by atoms with Crippen molar-refractivity contribution >= 4 is 22.2 Å². The number of carbonyl (C=O) groups is 1. The maximum absolute atomic E-state index is 13.5. The van der Waals surface area contributed by atoms with Crippen LogP contribution >= 0.6 is 11.3 Å². The largest absolute Gasteiger partial charge is 0.316 e. The second-order valence-corrected chi connectivity index (χ2v) is 10.5. The van der Waals surface area contributed by atoms with E-state index in [-0.39, 0.29) is 11.3 Å². The van der Waals surface area contributed by atoms with Crippen LogP contribution < -0.4 is 5.32 Å². The number of hydrogen-bond acceptors (Lipinski definition) is 3. The fraction of sp³-hybridized carbons (Fsp3) is 0.333. The zero-order chi connectivity index (χ0) is 22.0. The Morgan fingerprint density at radius 1 is 1.06 bits per heavy atom. The molecular weight excluding hydrogens is 400 g/mol. The molecular formula is C27H28N2OS. The van der Waals surface area contributed by atoms with Gasteiger partial charge in [-0.05, 0) is 47.3 Å². The van der Waals surface area contributed by atoms with Crippen molar-refractivity contribution in [2.75, 3.05) is 5.32 Å². The van der Waals surface area contributed by atoms with Crippen molar-refractivity contribution in [2.45, 2.75) is 46.0 Å². The van der Waals surface area contributed by atoms with E-state index in [0.29, 0.717) is 16.5 Å². The highest BCUT2D eigenvalue weighted by molar-refractivity contribution is 7.16. The van der Waals surface area contributed by atoms with Crippen molar-refractivity contribution in [1.82, 2.24) is 0 Å². The summed E-state index contributed by atoms with van der Waals surface area (Å²) in [4.78, 5) is 14.8. The maximum atomic E-state index is 13.5. The van der Waals surface area contributed by atoms with E-state index >= 15 is 0 Å². The smallest absolute Gasteiger partial charge is 0.237 e. The number of anilines is 1. The van der Waals surface area contributed by atoms with Crippen LogP contribution in [0.25, 0.3) is 0 Å². The molecule has 0 bridgehead atoms. The number of amides is 1. The molecule has 0 radical (unpaired) electrons. The Morgan fingerprint density at radius 3 is 2.16 bits per heavy atom.